The molecule has 0 aliphatic heterocycles. The van der Waals surface area contributed by atoms with Gasteiger partial charge in [-0.05, 0) is 32.3 Å². The van der Waals surface area contributed by atoms with E-state index in [2.05, 4.69) is 4.99 Å². The molecule has 0 aliphatic rings. The number of isocyanates is 1. The van der Waals surface area contributed by atoms with Crippen molar-refractivity contribution in [3.8, 4) is 0 Å². The Morgan fingerprint density at radius 3 is 2.50 bits per heavy atom. The van der Waals surface area contributed by atoms with E-state index in [1.165, 1.54) is 6.08 Å². The van der Waals surface area contributed by atoms with E-state index in [4.69, 9.17) is 8.85 Å². The predicted octanol–water partition coefficient (Wildman–Crippen LogP) is 1.17. The van der Waals surface area contributed by atoms with E-state index < -0.39 is 8.80 Å². The molecule has 0 aromatic heterocycles. The SMILES string of the molecule is CCO[Si](O)(OCC)c1ccccc1CCCN=C=O. The largest absolute Gasteiger partial charge is 0.534 e. The van der Waals surface area contributed by atoms with Crippen molar-refractivity contribution in [2.24, 2.45) is 4.99 Å². The van der Waals surface area contributed by atoms with E-state index in [9.17, 15) is 9.59 Å². The Morgan fingerprint density at radius 1 is 1.25 bits per heavy atom. The number of aryl methyl sites for hydroxylation is 1. The Labute approximate surface area is 120 Å². The smallest absolute Gasteiger partial charge is 0.386 e. The van der Waals surface area contributed by atoms with Crippen molar-refractivity contribution in [2.75, 3.05) is 19.8 Å². The zero-order valence-corrected chi connectivity index (χ0v) is 13.0. The van der Waals surface area contributed by atoms with Crippen LogP contribution in [-0.2, 0) is 20.1 Å². The standard InChI is InChI=1S/C14H21NO4Si/c1-3-18-20(17,19-4-2)14-10-6-5-8-13(14)9-7-11-15-12-16/h5-6,8,10,17H,3-4,7,9,11H2,1-2H3. The second-order valence-corrected chi connectivity index (χ2v) is 6.46. The van der Waals surface area contributed by atoms with E-state index >= 15 is 0 Å². The number of benzene rings is 1. The summed E-state index contributed by atoms with van der Waals surface area (Å²) in [6.07, 6.45) is 2.95. The van der Waals surface area contributed by atoms with Crippen LogP contribution in [0.5, 0.6) is 0 Å². The Bertz CT molecular complexity index is 454. The van der Waals surface area contributed by atoms with Crippen molar-refractivity contribution >= 4 is 20.1 Å². The molecule has 6 heteroatoms. The lowest BCUT2D eigenvalue weighted by molar-refractivity contribution is 0.124. The van der Waals surface area contributed by atoms with Crippen LogP contribution < -0.4 is 5.19 Å². The number of aliphatic imine (C=N–C) groups is 1. The molecule has 0 heterocycles. The summed E-state index contributed by atoms with van der Waals surface area (Å²) in [6, 6.07) is 7.55. The van der Waals surface area contributed by atoms with Gasteiger partial charge in [0.25, 0.3) is 0 Å². The second-order valence-electron chi connectivity index (χ2n) is 4.18. The maximum Gasteiger partial charge on any atom is 0.534 e. The topological polar surface area (TPSA) is 68.1 Å². The van der Waals surface area contributed by atoms with Crippen LogP contribution in [0.3, 0.4) is 0 Å². The van der Waals surface area contributed by atoms with Crippen LogP contribution in [0, 0.1) is 0 Å². The van der Waals surface area contributed by atoms with Gasteiger partial charge in [-0.25, -0.2) is 9.79 Å². The number of rotatable bonds is 9. The molecule has 20 heavy (non-hydrogen) atoms. The highest BCUT2D eigenvalue weighted by atomic mass is 28.4. The molecule has 1 N–H and O–H groups in total. The molecule has 0 aliphatic carbocycles. The molecule has 1 aromatic rings. The molecular formula is C14H21NO4Si. The molecule has 0 unspecified atom stereocenters. The zero-order chi connectivity index (χ0) is 14.8. The van der Waals surface area contributed by atoms with Crippen molar-refractivity contribution in [1.29, 1.82) is 0 Å². The summed E-state index contributed by atoms with van der Waals surface area (Å²) in [5.74, 6) is 0. The average molecular weight is 295 g/mol. The van der Waals surface area contributed by atoms with Crippen LogP contribution in [0.2, 0.25) is 0 Å². The molecule has 0 bridgehead atoms. The average Bonchev–Trinajstić information content (AvgIpc) is 2.44. The summed E-state index contributed by atoms with van der Waals surface area (Å²) in [7, 11) is -3.35. The van der Waals surface area contributed by atoms with Crippen LogP contribution in [0.25, 0.3) is 0 Å². The molecule has 0 atom stereocenters. The van der Waals surface area contributed by atoms with Crippen molar-refractivity contribution in [2.45, 2.75) is 26.7 Å². The monoisotopic (exact) mass is 295 g/mol. The fraction of sp³-hybridized carbons (Fsp3) is 0.500. The maximum absolute atomic E-state index is 10.7. The molecule has 5 nitrogen and oxygen atoms in total. The van der Waals surface area contributed by atoms with Crippen molar-refractivity contribution < 1.29 is 18.4 Å². The molecule has 0 spiro atoms. The first-order chi connectivity index (χ1) is 9.68. The summed E-state index contributed by atoms with van der Waals surface area (Å²) >= 11 is 0. The minimum absolute atomic E-state index is 0.395. The molecule has 1 aromatic carbocycles. The molecular weight excluding hydrogens is 274 g/mol. The number of hydrogen-bond acceptors (Lipinski definition) is 5. The highest BCUT2D eigenvalue weighted by Gasteiger charge is 2.40. The Kier molecular flexibility index (Phi) is 7.36. The summed E-state index contributed by atoms with van der Waals surface area (Å²) in [4.78, 5) is 24.3. The van der Waals surface area contributed by atoms with Gasteiger partial charge in [0.2, 0.25) is 6.08 Å². The molecule has 0 radical (unpaired) electrons. The highest BCUT2D eigenvalue weighted by Crippen LogP contribution is 2.10. The molecule has 0 saturated heterocycles. The van der Waals surface area contributed by atoms with Gasteiger partial charge in [0, 0.05) is 18.4 Å². The van der Waals surface area contributed by atoms with Crippen molar-refractivity contribution in [3.63, 3.8) is 0 Å². The van der Waals surface area contributed by atoms with E-state index in [1.54, 1.807) is 0 Å². The first-order valence-corrected chi connectivity index (χ1v) is 8.56. The van der Waals surface area contributed by atoms with E-state index in [0.29, 0.717) is 26.2 Å². The minimum Gasteiger partial charge on any atom is -0.386 e. The molecule has 0 saturated carbocycles. The highest BCUT2D eigenvalue weighted by molar-refractivity contribution is 6.74. The van der Waals surface area contributed by atoms with Gasteiger partial charge in [0.15, 0.2) is 0 Å². The molecule has 110 valence electrons. The first-order valence-electron chi connectivity index (χ1n) is 6.80. The quantitative estimate of drug-likeness (QED) is 0.321. The van der Waals surface area contributed by atoms with E-state index in [-0.39, 0.29) is 0 Å². The van der Waals surface area contributed by atoms with Crippen molar-refractivity contribution in [3.05, 3.63) is 29.8 Å². The fourth-order valence-corrected chi connectivity index (χ4v) is 4.13. The lowest BCUT2D eigenvalue weighted by atomic mass is 10.1. The Balaban J connectivity index is 2.93. The van der Waals surface area contributed by atoms with Gasteiger partial charge in [-0.3, -0.25) is 0 Å². The Morgan fingerprint density at radius 2 is 1.90 bits per heavy atom. The predicted molar refractivity (Wildman–Crippen MR) is 78.6 cm³/mol. The summed E-state index contributed by atoms with van der Waals surface area (Å²) < 4.78 is 11.0. The normalized spacial score (nSPS) is 11.2. The second kappa shape index (κ2) is 8.79. The van der Waals surface area contributed by atoms with Crippen LogP contribution in [0.15, 0.2) is 29.3 Å². The van der Waals surface area contributed by atoms with Crippen LogP contribution >= 0.6 is 0 Å². The van der Waals surface area contributed by atoms with Crippen LogP contribution in [0.4, 0.5) is 0 Å². The third kappa shape index (κ3) is 4.66. The summed E-state index contributed by atoms with van der Waals surface area (Å²) in [5, 5.41) is 0.735. The zero-order valence-electron chi connectivity index (χ0n) is 12.0. The van der Waals surface area contributed by atoms with Gasteiger partial charge in [0.1, 0.15) is 0 Å². The fourth-order valence-electron chi connectivity index (χ4n) is 2.03. The van der Waals surface area contributed by atoms with Gasteiger partial charge in [-0.15, -0.1) is 0 Å². The molecule has 1 rings (SSSR count). The van der Waals surface area contributed by atoms with E-state index in [0.717, 1.165) is 17.2 Å². The first kappa shape index (κ1) is 16.8. The van der Waals surface area contributed by atoms with Crippen LogP contribution in [0.1, 0.15) is 25.8 Å². The minimum atomic E-state index is -3.35. The van der Waals surface area contributed by atoms with Crippen molar-refractivity contribution in [1.82, 2.24) is 0 Å². The lowest BCUT2D eigenvalue weighted by Gasteiger charge is -2.25. The summed E-state index contributed by atoms with van der Waals surface area (Å²) in [5.41, 5.74) is 0.977. The van der Waals surface area contributed by atoms with Gasteiger partial charge in [-0.1, -0.05) is 24.3 Å². The van der Waals surface area contributed by atoms with E-state index in [1.807, 2.05) is 38.1 Å². The molecule has 0 amide bonds. The number of carbonyl (C=O) groups excluding carboxylic acids is 1. The van der Waals surface area contributed by atoms with Gasteiger partial charge < -0.3 is 13.6 Å². The maximum atomic E-state index is 10.7. The van der Waals surface area contributed by atoms with Crippen LogP contribution in [-0.4, -0.2) is 39.4 Å². The van der Waals surface area contributed by atoms with Gasteiger partial charge in [0.05, 0.1) is 6.54 Å². The third-order valence-corrected chi connectivity index (χ3v) is 5.35. The Hall–Kier alpha value is -1.30. The van der Waals surface area contributed by atoms with Gasteiger partial charge in [-0.2, -0.15) is 0 Å². The van der Waals surface area contributed by atoms with Gasteiger partial charge >= 0.3 is 8.80 Å². The molecule has 0 fully saturated rings. The number of hydrogen-bond donors (Lipinski definition) is 1. The summed E-state index contributed by atoms with van der Waals surface area (Å²) in [6.45, 7) is 4.89. The number of nitrogens with zero attached hydrogens (tertiary/aromatic N) is 1. The third-order valence-electron chi connectivity index (χ3n) is 2.82. The lowest BCUT2D eigenvalue weighted by Crippen LogP contribution is -2.55.